The largest absolute Gasteiger partial charge is 0.404 e. The first kappa shape index (κ1) is 20.2. The number of rotatable bonds is 8. The van der Waals surface area contributed by atoms with Crippen LogP contribution in [0.4, 0.5) is 13.2 Å². The summed E-state index contributed by atoms with van der Waals surface area (Å²) in [7, 11) is 0. The predicted molar refractivity (Wildman–Crippen MR) is 92.1 cm³/mol. The summed E-state index contributed by atoms with van der Waals surface area (Å²) in [6.07, 6.45) is -3.41. The molecule has 1 aromatic carbocycles. The number of carbonyl (C=O) groups is 1. The van der Waals surface area contributed by atoms with Crippen LogP contribution in [0.3, 0.4) is 0 Å². The highest BCUT2D eigenvalue weighted by molar-refractivity contribution is 5.83. The minimum Gasteiger partial charge on any atom is -0.336 e. The Morgan fingerprint density at radius 1 is 1.27 bits per heavy atom. The minimum atomic E-state index is -4.49. The first-order chi connectivity index (χ1) is 12.1. The van der Waals surface area contributed by atoms with Crippen LogP contribution < -0.4 is 10.6 Å². The lowest BCUT2D eigenvalue weighted by Crippen LogP contribution is -2.56. The van der Waals surface area contributed by atoms with Crippen LogP contribution in [-0.4, -0.2) is 29.7 Å². The second kappa shape index (κ2) is 8.09. The fourth-order valence-corrected chi connectivity index (χ4v) is 2.80. The molecule has 2 rings (SSSR count). The van der Waals surface area contributed by atoms with Crippen molar-refractivity contribution in [2.75, 3.05) is 0 Å². The molecule has 1 unspecified atom stereocenters. The minimum absolute atomic E-state index is 0.0288. The van der Waals surface area contributed by atoms with Gasteiger partial charge in [-0.3, -0.25) is 10.1 Å². The topological polar surface area (TPSA) is 64.9 Å². The molecule has 1 aromatic rings. The zero-order chi connectivity index (χ0) is 19.4. The van der Waals surface area contributed by atoms with Gasteiger partial charge in [0.25, 0.3) is 0 Å². The van der Waals surface area contributed by atoms with E-state index in [9.17, 15) is 18.0 Å². The van der Waals surface area contributed by atoms with E-state index >= 15 is 0 Å². The summed E-state index contributed by atoms with van der Waals surface area (Å²) >= 11 is 0. The van der Waals surface area contributed by atoms with Gasteiger partial charge in [0.15, 0.2) is 0 Å². The van der Waals surface area contributed by atoms with Crippen molar-refractivity contribution in [3.05, 3.63) is 35.9 Å². The first-order valence-electron chi connectivity index (χ1n) is 8.75. The lowest BCUT2D eigenvalue weighted by atomic mass is 9.99. The van der Waals surface area contributed by atoms with E-state index in [-0.39, 0.29) is 18.8 Å². The molecule has 0 spiro atoms. The summed E-state index contributed by atoms with van der Waals surface area (Å²) in [5, 5.41) is 14.2. The maximum absolute atomic E-state index is 13.5. The van der Waals surface area contributed by atoms with Gasteiger partial charge in [-0.2, -0.15) is 18.4 Å². The monoisotopic (exact) mass is 367 g/mol. The van der Waals surface area contributed by atoms with Crippen LogP contribution in [0.15, 0.2) is 30.3 Å². The summed E-state index contributed by atoms with van der Waals surface area (Å²) < 4.78 is 40.6. The second-order valence-corrected chi connectivity index (χ2v) is 7.32. The molecule has 1 saturated carbocycles. The molecule has 1 fully saturated rings. The molecule has 1 amide bonds. The Balaban J connectivity index is 2.13. The standard InChI is InChI=1S/C19H24F3N3O/c1-13(2)10-15(17(26)25-18(12-23)8-9-18)24-16(19(20,21)22)11-14-6-4-3-5-7-14/h3-7,13,15-16,24H,8-11H2,1-2H3,(H,25,26)/t15-,16?/m0/s1. The predicted octanol–water partition coefficient (Wildman–Crippen LogP) is 3.34. The third kappa shape index (κ3) is 5.73. The van der Waals surface area contributed by atoms with Gasteiger partial charge in [0.05, 0.1) is 12.1 Å². The number of amides is 1. The van der Waals surface area contributed by atoms with Gasteiger partial charge in [0, 0.05) is 0 Å². The van der Waals surface area contributed by atoms with E-state index in [1.165, 1.54) is 0 Å². The molecule has 2 N–H and O–H groups in total. The van der Waals surface area contributed by atoms with Gasteiger partial charge in [0.1, 0.15) is 11.6 Å². The van der Waals surface area contributed by atoms with E-state index in [2.05, 4.69) is 10.6 Å². The van der Waals surface area contributed by atoms with Gasteiger partial charge in [0.2, 0.25) is 5.91 Å². The van der Waals surface area contributed by atoms with Crippen LogP contribution in [0, 0.1) is 17.2 Å². The van der Waals surface area contributed by atoms with Gasteiger partial charge in [-0.15, -0.1) is 0 Å². The number of hydrogen-bond donors (Lipinski definition) is 2. The SMILES string of the molecule is CC(C)C[C@H](NC(Cc1ccccc1)C(F)(F)F)C(=O)NC1(C#N)CC1. The van der Waals surface area contributed by atoms with Crippen molar-refractivity contribution in [2.24, 2.45) is 5.92 Å². The molecule has 4 nitrogen and oxygen atoms in total. The van der Waals surface area contributed by atoms with Crippen LogP contribution in [0.1, 0.15) is 38.7 Å². The van der Waals surface area contributed by atoms with E-state index in [1.54, 1.807) is 30.3 Å². The molecule has 0 aliphatic heterocycles. The average Bonchev–Trinajstić information content (AvgIpc) is 3.33. The number of nitriles is 1. The fraction of sp³-hybridized carbons (Fsp3) is 0.579. The second-order valence-electron chi connectivity index (χ2n) is 7.32. The summed E-state index contributed by atoms with van der Waals surface area (Å²) in [6, 6.07) is 7.57. The third-order valence-electron chi connectivity index (χ3n) is 4.43. The lowest BCUT2D eigenvalue weighted by molar-refractivity contribution is -0.159. The van der Waals surface area contributed by atoms with Gasteiger partial charge in [-0.25, -0.2) is 0 Å². The average molecular weight is 367 g/mol. The van der Waals surface area contributed by atoms with E-state index in [0.717, 1.165) is 0 Å². The molecule has 1 aliphatic carbocycles. The molecule has 7 heteroatoms. The molecular formula is C19H24F3N3O. The molecule has 26 heavy (non-hydrogen) atoms. The summed E-state index contributed by atoms with van der Waals surface area (Å²) in [4.78, 5) is 12.5. The number of benzene rings is 1. The number of hydrogen-bond acceptors (Lipinski definition) is 3. The van der Waals surface area contributed by atoms with Crippen LogP contribution in [-0.2, 0) is 11.2 Å². The first-order valence-corrected chi connectivity index (χ1v) is 8.75. The molecule has 0 bridgehead atoms. The highest BCUT2D eigenvalue weighted by Gasteiger charge is 2.47. The maximum Gasteiger partial charge on any atom is 0.404 e. The Hall–Kier alpha value is -2.07. The Morgan fingerprint density at radius 2 is 1.88 bits per heavy atom. The van der Waals surface area contributed by atoms with Crippen molar-refractivity contribution in [1.29, 1.82) is 5.26 Å². The van der Waals surface area contributed by atoms with Crippen LogP contribution in [0.2, 0.25) is 0 Å². The van der Waals surface area contributed by atoms with Crippen molar-refractivity contribution in [3.8, 4) is 6.07 Å². The third-order valence-corrected chi connectivity index (χ3v) is 4.43. The van der Waals surface area contributed by atoms with Crippen LogP contribution in [0.5, 0.6) is 0 Å². The van der Waals surface area contributed by atoms with Crippen molar-refractivity contribution in [2.45, 2.75) is 63.3 Å². The van der Waals surface area contributed by atoms with Crippen molar-refractivity contribution >= 4 is 5.91 Å². The van der Waals surface area contributed by atoms with Gasteiger partial charge in [-0.1, -0.05) is 44.2 Å². The molecule has 2 atom stereocenters. The Labute approximate surface area is 151 Å². The molecule has 0 radical (unpaired) electrons. The molecular weight excluding hydrogens is 343 g/mol. The number of halogens is 3. The highest BCUT2D eigenvalue weighted by Crippen LogP contribution is 2.34. The smallest absolute Gasteiger partial charge is 0.336 e. The Kier molecular flexibility index (Phi) is 6.30. The number of nitrogens with one attached hydrogen (secondary N) is 2. The molecule has 0 saturated heterocycles. The van der Waals surface area contributed by atoms with E-state index < -0.39 is 29.7 Å². The molecule has 142 valence electrons. The summed E-state index contributed by atoms with van der Waals surface area (Å²) in [5.74, 6) is -0.513. The molecule has 0 aromatic heterocycles. The van der Waals surface area contributed by atoms with E-state index in [4.69, 9.17) is 5.26 Å². The normalized spacial score (nSPS) is 18.0. The Morgan fingerprint density at radius 3 is 2.35 bits per heavy atom. The van der Waals surface area contributed by atoms with Gasteiger partial charge in [-0.05, 0) is 37.2 Å². The zero-order valence-electron chi connectivity index (χ0n) is 14.9. The lowest BCUT2D eigenvalue weighted by Gasteiger charge is -2.28. The van der Waals surface area contributed by atoms with E-state index in [0.29, 0.717) is 18.4 Å². The molecule has 1 aliphatic rings. The van der Waals surface area contributed by atoms with E-state index in [1.807, 2.05) is 19.9 Å². The zero-order valence-corrected chi connectivity index (χ0v) is 14.9. The quantitative estimate of drug-likeness (QED) is 0.741. The Bertz CT molecular complexity index is 648. The van der Waals surface area contributed by atoms with Crippen molar-refractivity contribution in [1.82, 2.24) is 10.6 Å². The number of nitrogens with zero attached hydrogens (tertiary/aromatic N) is 1. The molecule has 0 heterocycles. The number of alkyl halides is 3. The van der Waals surface area contributed by atoms with Gasteiger partial charge >= 0.3 is 6.18 Å². The maximum atomic E-state index is 13.5. The highest BCUT2D eigenvalue weighted by atomic mass is 19.4. The fourth-order valence-electron chi connectivity index (χ4n) is 2.80. The summed E-state index contributed by atoms with van der Waals surface area (Å²) in [5.41, 5.74) is -0.358. The van der Waals surface area contributed by atoms with Crippen molar-refractivity contribution < 1.29 is 18.0 Å². The summed E-state index contributed by atoms with van der Waals surface area (Å²) in [6.45, 7) is 3.69. The van der Waals surface area contributed by atoms with Gasteiger partial charge < -0.3 is 5.32 Å². The number of carbonyl (C=O) groups excluding carboxylic acids is 1. The van der Waals surface area contributed by atoms with Crippen molar-refractivity contribution in [3.63, 3.8) is 0 Å². The van der Waals surface area contributed by atoms with Crippen LogP contribution in [0.25, 0.3) is 0 Å². The van der Waals surface area contributed by atoms with Crippen LogP contribution >= 0.6 is 0 Å².